The summed E-state index contributed by atoms with van der Waals surface area (Å²) in [5.41, 5.74) is 0.557. The fourth-order valence-corrected chi connectivity index (χ4v) is 3.44. The van der Waals surface area contributed by atoms with Gasteiger partial charge in [0, 0.05) is 36.0 Å². The number of hydrogen-bond donors (Lipinski definition) is 2. The van der Waals surface area contributed by atoms with Gasteiger partial charge in [-0.3, -0.25) is 14.4 Å². The molecule has 1 aliphatic rings. The first kappa shape index (κ1) is 18.1. The summed E-state index contributed by atoms with van der Waals surface area (Å²) in [4.78, 5) is 38.0. The van der Waals surface area contributed by atoms with Crippen LogP contribution in [0.3, 0.4) is 0 Å². The van der Waals surface area contributed by atoms with Gasteiger partial charge in [-0.25, -0.2) is 0 Å². The molecule has 2 aromatic heterocycles. The van der Waals surface area contributed by atoms with E-state index in [1.165, 1.54) is 11.3 Å². The number of carbonyl (C=O) groups is 3. The van der Waals surface area contributed by atoms with Gasteiger partial charge in [0.1, 0.15) is 5.76 Å². The molecule has 2 N–H and O–H groups in total. The van der Waals surface area contributed by atoms with Crippen LogP contribution < -0.4 is 10.6 Å². The molecule has 26 heavy (non-hydrogen) atoms. The monoisotopic (exact) mass is 376 g/mol. The number of rotatable bonds is 5. The highest BCUT2D eigenvalue weighted by Gasteiger charge is 2.27. The maximum atomic E-state index is 12.2. The van der Waals surface area contributed by atoms with Crippen molar-refractivity contribution in [1.82, 2.24) is 15.4 Å². The lowest BCUT2D eigenvalue weighted by molar-refractivity contribution is -0.133. The Morgan fingerprint density at radius 1 is 1.35 bits per heavy atom. The number of anilines is 1. The van der Waals surface area contributed by atoms with Crippen molar-refractivity contribution in [3.05, 3.63) is 34.2 Å². The van der Waals surface area contributed by atoms with Gasteiger partial charge in [-0.05, 0) is 31.2 Å². The second-order valence-corrected chi connectivity index (χ2v) is 6.94. The number of likely N-dealkylation sites (tertiary alicyclic amines) is 1. The highest BCUT2D eigenvalue weighted by atomic mass is 32.1. The Bertz CT molecular complexity index is 779. The van der Waals surface area contributed by atoms with E-state index in [-0.39, 0.29) is 30.2 Å². The number of carbonyl (C=O) groups excluding carboxylic acids is 3. The lowest BCUT2D eigenvalue weighted by Gasteiger charge is -2.31. The summed E-state index contributed by atoms with van der Waals surface area (Å²) < 4.78 is 4.92. The normalized spacial score (nSPS) is 14.9. The average Bonchev–Trinajstić information content (AvgIpc) is 3.31. The molecule has 2 aromatic rings. The molecule has 8 nitrogen and oxygen atoms in total. The van der Waals surface area contributed by atoms with Crippen molar-refractivity contribution >= 4 is 34.9 Å². The van der Waals surface area contributed by atoms with Crippen LogP contribution in [0, 0.1) is 12.8 Å². The Morgan fingerprint density at radius 2 is 2.12 bits per heavy atom. The van der Waals surface area contributed by atoms with Gasteiger partial charge in [-0.15, -0.1) is 0 Å². The van der Waals surface area contributed by atoms with E-state index in [4.69, 9.17) is 4.52 Å². The van der Waals surface area contributed by atoms with Gasteiger partial charge < -0.3 is 20.1 Å². The first-order valence-electron chi connectivity index (χ1n) is 8.35. The first-order valence-corrected chi connectivity index (χ1v) is 9.29. The molecule has 0 unspecified atom stereocenters. The molecule has 3 rings (SSSR count). The van der Waals surface area contributed by atoms with Gasteiger partial charge in [-0.1, -0.05) is 5.16 Å². The van der Waals surface area contributed by atoms with Crippen LogP contribution in [0.15, 0.2) is 27.4 Å². The summed E-state index contributed by atoms with van der Waals surface area (Å²) in [6, 6.07) is 3.37. The van der Waals surface area contributed by atoms with E-state index in [2.05, 4.69) is 15.8 Å². The quantitative estimate of drug-likeness (QED) is 0.826. The molecule has 9 heteroatoms. The first-order chi connectivity index (χ1) is 12.5. The van der Waals surface area contributed by atoms with Crippen molar-refractivity contribution in [1.29, 1.82) is 0 Å². The maximum absolute atomic E-state index is 12.2. The molecule has 1 aliphatic heterocycles. The van der Waals surface area contributed by atoms with Crippen LogP contribution in [0.5, 0.6) is 0 Å². The topological polar surface area (TPSA) is 105 Å². The lowest BCUT2D eigenvalue weighted by Crippen LogP contribution is -2.45. The molecular formula is C17H20N4O4S. The van der Waals surface area contributed by atoms with E-state index in [1.807, 2.05) is 5.38 Å². The highest BCUT2D eigenvalue weighted by molar-refractivity contribution is 7.08. The van der Waals surface area contributed by atoms with Crippen LogP contribution in [0.4, 0.5) is 5.82 Å². The van der Waals surface area contributed by atoms with E-state index in [9.17, 15) is 14.4 Å². The number of hydrogen-bond acceptors (Lipinski definition) is 6. The van der Waals surface area contributed by atoms with Crippen molar-refractivity contribution in [2.75, 3.05) is 25.0 Å². The number of aromatic nitrogens is 1. The number of nitrogens with one attached hydrogen (secondary N) is 2. The Labute approximate surface area is 154 Å². The van der Waals surface area contributed by atoms with Gasteiger partial charge in [0.25, 0.3) is 5.91 Å². The van der Waals surface area contributed by atoms with E-state index >= 15 is 0 Å². The van der Waals surface area contributed by atoms with Crippen LogP contribution >= 0.6 is 11.3 Å². The lowest BCUT2D eigenvalue weighted by atomic mass is 9.96. The summed E-state index contributed by atoms with van der Waals surface area (Å²) in [7, 11) is 0. The summed E-state index contributed by atoms with van der Waals surface area (Å²) in [6.07, 6.45) is 1.15. The minimum atomic E-state index is -0.253. The van der Waals surface area contributed by atoms with E-state index in [0.717, 1.165) is 0 Å². The second-order valence-electron chi connectivity index (χ2n) is 6.16. The molecule has 0 aliphatic carbocycles. The van der Waals surface area contributed by atoms with Gasteiger partial charge >= 0.3 is 0 Å². The zero-order valence-electron chi connectivity index (χ0n) is 14.4. The van der Waals surface area contributed by atoms with Crippen molar-refractivity contribution in [2.45, 2.75) is 19.8 Å². The van der Waals surface area contributed by atoms with Crippen LogP contribution in [0.1, 0.15) is 29.0 Å². The smallest absolute Gasteiger partial charge is 0.252 e. The molecule has 0 spiro atoms. The summed E-state index contributed by atoms with van der Waals surface area (Å²) in [6.45, 7) is 2.69. The second kappa shape index (κ2) is 8.13. The van der Waals surface area contributed by atoms with Gasteiger partial charge in [0.2, 0.25) is 11.8 Å². The minimum Gasteiger partial charge on any atom is -0.360 e. The van der Waals surface area contributed by atoms with Gasteiger partial charge in [-0.2, -0.15) is 11.3 Å². The molecule has 1 fully saturated rings. The van der Waals surface area contributed by atoms with Crippen LogP contribution in [-0.2, 0) is 9.59 Å². The fourth-order valence-electron chi connectivity index (χ4n) is 2.81. The van der Waals surface area contributed by atoms with Crippen molar-refractivity contribution < 1.29 is 18.9 Å². The fraction of sp³-hybridized carbons (Fsp3) is 0.412. The molecule has 0 radical (unpaired) electrons. The third-order valence-electron chi connectivity index (χ3n) is 4.28. The molecule has 138 valence electrons. The summed E-state index contributed by atoms with van der Waals surface area (Å²) >= 11 is 1.43. The zero-order chi connectivity index (χ0) is 18.5. The zero-order valence-corrected chi connectivity index (χ0v) is 15.2. The van der Waals surface area contributed by atoms with Crippen LogP contribution in [0.25, 0.3) is 0 Å². The van der Waals surface area contributed by atoms with E-state index in [1.54, 1.807) is 29.3 Å². The number of aryl methyl sites for hydroxylation is 1. The number of nitrogens with zero attached hydrogens (tertiary/aromatic N) is 2. The molecule has 0 bridgehead atoms. The summed E-state index contributed by atoms with van der Waals surface area (Å²) in [5, 5.41) is 12.7. The molecular weight excluding hydrogens is 356 g/mol. The predicted molar refractivity (Wildman–Crippen MR) is 95.8 cm³/mol. The SMILES string of the molecule is Cc1cc(NC(=O)C2CCN(C(=O)CNC(=O)c3ccsc3)CC2)no1. The Kier molecular flexibility index (Phi) is 5.67. The standard InChI is InChI=1S/C17H20N4O4S/c1-11-8-14(20-25-11)19-17(24)12-2-5-21(6-3-12)15(22)9-18-16(23)13-4-7-26-10-13/h4,7-8,10,12H,2-3,5-6,9H2,1H3,(H,18,23)(H,19,20,24). The molecule has 3 heterocycles. The van der Waals surface area contributed by atoms with E-state index in [0.29, 0.717) is 43.1 Å². The molecule has 3 amide bonds. The molecule has 0 atom stereocenters. The largest absolute Gasteiger partial charge is 0.360 e. The molecule has 0 aromatic carbocycles. The Hall–Kier alpha value is -2.68. The summed E-state index contributed by atoms with van der Waals surface area (Å²) in [5.74, 6) is 0.358. The minimum absolute atomic E-state index is 0.0379. The van der Waals surface area contributed by atoms with Gasteiger partial charge in [0.15, 0.2) is 5.82 Å². The number of amides is 3. The third-order valence-corrected chi connectivity index (χ3v) is 4.96. The Morgan fingerprint density at radius 3 is 2.73 bits per heavy atom. The van der Waals surface area contributed by atoms with Crippen LogP contribution in [0.2, 0.25) is 0 Å². The number of thiophene rings is 1. The number of piperidine rings is 1. The van der Waals surface area contributed by atoms with Crippen LogP contribution in [-0.4, -0.2) is 47.4 Å². The van der Waals surface area contributed by atoms with Crippen molar-refractivity contribution in [2.24, 2.45) is 5.92 Å². The van der Waals surface area contributed by atoms with Crippen molar-refractivity contribution in [3.8, 4) is 0 Å². The van der Waals surface area contributed by atoms with Crippen molar-refractivity contribution in [3.63, 3.8) is 0 Å². The maximum Gasteiger partial charge on any atom is 0.252 e. The van der Waals surface area contributed by atoms with E-state index < -0.39 is 0 Å². The average molecular weight is 376 g/mol. The third kappa shape index (κ3) is 4.48. The predicted octanol–water partition coefficient (Wildman–Crippen LogP) is 1.65. The Balaban J connectivity index is 1.42. The molecule has 1 saturated heterocycles. The molecule has 0 saturated carbocycles. The van der Waals surface area contributed by atoms with Gasteiger partial charge in [0.05, 0.1) is 6.54 Å². The highest BCUT2D eigenvalue weighted by Crippen LogP contribution is 2.19.